The Balaban J connectivity index is 4.20. The highest BCUT2D eigenvalue weighted by Gasteiger charge is 2.29. The number of nitrogens with one attached hydrogen (secondary N) is 4. The lowest BCUT2D eigenvalue weighted by atomic mass is 10.0. The quantitative estimate of drug-likeness (QED) is 0.0521. The summed E-state index contributed by atoms with van der Waals surface area (Å²) in [6.45, 7) is 3.75. The van der Waals surface area contributed by atoms with Crippen LogP contribution in [0.2, 0.25) is 0 Å². The average molecular weight is 625 g/mol. The van der Waals surface area contributed by atoms with E-state index in [4.69, 9.17) is 14.7 Å². The molecule has 3 amide bonds. The van der Waals surface area contributed by atoms with E-state index in [1.54, 1.807) is 6.92 Å². The monoisotopic (exact) mass is 624 g/mol. The number of carbonyl (C=O) groups excluding carboxylic acids is 3. The summed E-state index contributed by atoms with van der Waals surface area (Å²) in [5.74, 6) is -4.79. The first-order chi connectivity index (χ1) is 19.6. The van der Waals surface area contributed by atoms with Crippen LogP contribution in [-0.2, 0) is 37.9 Å². The Morgan fingerprint density at radius 2 is 1.40 bits per heavy atom. The molecule has 0 aliphatic heterocycles. The maximum Gasteiger partial charge on any atom is 0.403 e. The highest BCUT2D eigenvalue weighted by Crippen LogP contribution is 2.38. The van der Waals surface area contributed by atoms with Gasteiger partial charge in [0.2, 0.25) is 17.7 Å². The minimum absolute atomic E-state index is 0.119. The second-order valence-electron chi connectivity index (χ2n) is 10.0. The summed E-state index contributed by atoms with van der Waals surface area (Å²) in [4.78, 5) is 78.1. The number of carboxylic acid groups (broad SMARTS) is 3. The third-order valence-electron chi connectivity index (χ3n) is 5.98. The number of rotatable bonds is 25. The van der Waals surface area contributed by atoms with E-state index in [0.29, 0.717) is 38.6 Å². The van der Waals surface area contributed by atoms with Gasteiger partial charge in [-0.1, -0.05) is 13.3 Å². The first-order valence-corrected chi connectivity index (χ1v) is 15.4. The molecule has 42 heavy (non-hydrogen) atoms. The summed E-state index contributed by atoms with van der Waals surface area (Å²) in [6.07, 6.45) is 2.60. The molecule has 0 aliphatic rings. The second-order valence-corrected chi connectivity index (χ2v) is 11.6. The van der Waals surface area contributed by atoms with Gasteiger partial charge in [0, 0.05) is 39.3 Å². The largest absolute Gasteiger partial charge is 0.481 e. The van der Waals surface area contributed by atoms with Crippen LogP contribution in [-0.4, -0.2) is 87.6 Å². The minimum atomic E-state index is -4.49. The van der Waals surface area contributed by atoms with Crippen LogP contribution in [0.4, 0.5) is 0 Å². The van der Waals surface area contributed by atoms with Crippen molar-refractivity contribution >= 4 is 43.4 Å². The average Bonchev–Trinajstić information content (AvgIpc) is 2.87. The Kier molecular flexibility index (Phi) is 20.0. The van der Waals surface area contributed by atoms with Crippen LogP contribution in [0.15, 0.2) is 0 Å². The maximum atomic E-state index is 12.2. The molecular formula is C25H45N4O12P. The molecule has 0 saturated heterocycles. The molecule has 0 aromatic rings. The number of hydrogen-bond donors (Lipinski definition) is 8. The lowest BCUT2D eigenvalue weighted by molar-refractivity contribution is -0.142. The molecule has 0 rings (SSSR count). The zero-order valence-electron chi connectivity index (χ0n) is 24.1. The van der Waals surface area contributed by atoms with Crippen molar-refractivity contribution in [1.82, 2.24) is 21.0 Å². The SMILES string of the molecule is CC(=O)NCCCCCC(=O)N[C@@H](CCCNC(=O)C[C@H](C)CCCOP(=O)(O)NC(CCC(=O)O)C(=O)O)C(=O)O. The Hall–Kier alpha value is -3.07. The standard InChI is InChI=1S/C25H45N4O12P/c1-17(8-7-15-41-42(39,40)29-20(25(37)38)11-12-23(33)34)16-22(32)27-14-6-9-19(24(35)36)28-21(31)10-4-3-5-13-26-18(2)30/h17,19-20H,3-16H2,1-2H3,(H,26,30)(H,27,32)(H,28,31)(H,33,34)(H,35,36)(H,37,38)(H2,29,39,40)/t17-,19+,20?/m1/s1. The normalized spacial score (nSPS) is 14.5. The predicted octanol–water partition coefficient (Wildman–Crippen LogP) is 0.980. The van der Waals surface area contributed by atoms with Crippen molar-refractivity contribution in [2.45, 2.75) is 96.6 Å². The molecule has 0 aromatic carbocycles. The van der Waals surface area contributed by atoms with Gasteiger partial charge in [-0.05, 0) is 50.9 Å². The van der Waals surface area contributed by atoms with Gasteiger partial charge in [0.1, 0.15) is 12.1 Å². The van der Waals surface area contributed by atoms with Crippen LogP contribution in [0.1, 0.15) is 84.5 Å². The van der Waals surface area contributed by atoms with Crippen LogP contribution in [0.5, 0.6) is 0 Å². The van der Waals surface area contributed by atoms with Gasteiger partial charge in [0.05, 0.1) is 6.61 Å². The highest BCUT2D eigenvalue weighted by molar-refractivity contribution is 7.50. The molecular weight excluding hydrogens is 579 g/mol. The van der Waals surface area contributed by atoms with E-state index in [9.17, 15) is 43.3 Å². The molecule has 2 unspecified atom stereocenters. The fourth-order valence-corrected chi connectivity index (χ4v) is 4.85. The summed E-state index contributed by atoms with van der Waals surface area (Å²) >= 11 is 0. The summed E-state index contributed by atoms with van der Waals surface area (Å²) in [7, 11) is -4.49. The zero-order chi connectivity index (χ0) is 32.1. The van der Waals surface area contributed by atoms with Gasteiger partial charge in [-0.3, -0.25) is 28.5 Å². The van der Waals surface area contributed by atoms with Crippen molar-refractivity contribution in [2.75, 3.05) is 19.7 Å². The third kappa shape index (κ3) is 21.6. The molecule has 8 N–H and O–H groups in total. The molecule has 0 radical (unpaired) electrons. The minimum Gasteiger partial charge on any atom is -0.481 e. The number of carbonyl (C=O) groups is 6. The van der Waals surface area contributed by atoms with Crippen molar-refractivity contribution in [3.8, 4) is 0 Å². The van der Waals surface area contributed by atoms with Gasteiger partial charge < -0.3 is 36.2 Å². The summed E-state index contributed by atoms with van der Waals surface area (Å²) < 4.78 is 16.9. The van der Waals surface area contributed by atoms with Crippen molar-refractivity contribution in [3.05, 3.63) is 0 Å². The van der Waals surface area contributed by atoms with Crippen LogP contribution in [0.25, 0.3) is 0 Å². The molecule has 0 aliphatic carbocycles. The number of hydrogen-bond acceptors (Lipinski definition) is 8. The fraction of sp³-hybridized carbons (Fsp3) is 0.760. The van der Waals surface area contributed by atoms with Crippen molar-refractivity contribution in [2.24, 2.45) is 5.92 Å². The molecule has 0 aromatic heterocycles. The zero-order valence-corrected chi connectivity index (χ0v) is 25.0. The van der Waals surface area contributed by atoms with E-state index in [0.717, 1.165) is 6.42 Å². The second kappa shape index (κ2) is 21.6. The molecule has 17 heteroatoms. The molecule has 16 nitrogen and oxygen atoms in total. The first kappa shape index (κ1) is 38.9. The van der Waals surface area contributed by atoms with Crippen molar-refractivity contribution in [3.63, 3.8) is 0 Å². The molecule has 242 valence electrons. The van der Waals surface area contributed by atoms with Gasteiger partial charge in [0.15, 0.2) is 0 Å². The van der Waals surface area contributed by atoms with Crippen LogP contribution in [0, 0.1) is 5.92 Å². The summed E-state index contributed by atoms with van der Waals surface area (Å²) in [5, 5.41) is 36.9. The number of amides is 3. The van der Waals surface area contributed by atoms with Gasteiger partial charge in [-0.2, -0.15) is 0 Å². The summed E-state index contributed by atoms with van der Waals surface area (Å²) in [6, 6.07) is -2.65. The van der Waals surface area contributed by atoms with Crippen LogP contribution < -0.4 is 21.0 Å². The first-order valence-electron chi connectivity index (χ1n) is 13.9. The van der Waals surface area contributed by atoms with E-state index >= 15 is 0 Å². The van der Waals surface area contributed by atoms with Gasteiger partial charge in [-0.15, -0.1) is 0 Å². The third-order valence-corrected chi connectivity index (χ3v) is 7.16. The van der Waals surface area contributed by atoms with Crippen molar-refractivity contribution < 1.29 is 58.1 Å². The van der Waals surface area contributed by atoms with Gasteiger partial charge >= 0.3 is 25.7 Å². The fourth-order valence-electron chi connectivity index (χ4n) is 3.77. The molecule has 4 atom stereocenters. The smallest absolute Gasteiger partial charge is 0.403 e. The maximum absolute atomic E-state index is 12.2. The highest BCUT2D eigenvalue weighted by atomic mass is 31.2. The molecule has 0 spiro atoms. The number of unbranched alkanes of at least 4 members (excludes halogenated alkanes) is 2. The Morgan fingerprint density at radius 1 is 0.762 bits per heavy atom. The number of aliphatic carboxylic acids is 3. The molecule has 0 saturated carbocycles. The Morgan fingerprint density at radius 3 is 2.00 bits per heavy atom. The lowest BCUT2D eigenvalue weighted by Crippen LogP contribution is -2.41. The predicted molar refractivity (Wildman–Crippen MR) is 149 cm³/mol. The van der Waals surface area contributed by atoms with E-state index in [1.807, 2.05) is 5.09 Å². The van der Waals surface area contributed by atoms with Crippen LogP contribution >= 0.6 is 7.75 Å². The molecule has 0 bridgehead atoms. The Bertz CT molecular complexity index is 948. The van der Waals surface area contributed by atoms with Crippen LogP contribution in [0.3, 0.4) is 0 Å². The van der Waals surface area contributed by atoms with E-state index in [1.165, 1.54) is 6.92 Å². The molecule has 0 heterocycles. The van der Waals surface area contributed by atoms with Gasteiger partial charge in [0.25, 0.3) is 0 Å². The number of carboxylic acids is 3. The Labute approximate surface area is 244 Å². The lowest BCUT2D eigenvalue weighted by Gasteiger charge is -2.19. The van der Waals surface area contributed by atoms with E-state index in [-0.39, 0.29) is 56.1 Å². The van der Waals surface area contributed by atoms with Gasteiger partial charge in [-0.25, -0.2) is 14.4 Å². The molecule has 0 fully saturated rings. The van der Waals surface area contributed by atoms with E-state index in [2.05, 4.69) is 16.0 Å². The summed E-state index contributed by atoms with van der Waals surface area (Å²) in [5.41, 5.74) is 0. The van der Waals surface area contributed by atoms with Crippen molar-refractivity contribution in [1.29, 1.82) is 0 Å². The topological polar surface area (TPSA) is 258 Å². The van der Waals surface area contributed by atoms with E-state index < -0.39 is 50.6 Å².